The first kappa shape index (κ1) is 10.3. The molecule has 1 spiro atoms. The standard InChI is InChI=1S/C13H18O3/c1-11(2)8-4-6-12(3)7-5-9(14)13(8,12)10(15)16-11/h8H,4-7H2,1-3H3/t8-,12-,13+/m0/s1. The van der Waals surface area contributed by atoms with E-state index in [4.69, 9.17) is 4.74 Å². The summed E-state index contributed by atoms with van der Waals surface area (Å²) in [5, 5.41) is 0. The number of ketones is 1. The van der Waals surface area contributed by atoms with Crippen LogP contribution in [0.4, 0.5) is 0 Å². The first-order valence-corrected chi connectivity index (χ1v) is 6.11. The van der Waals surface area contributed by atoms with Gasteiger partial charge in [-0.2, -0.15) is 0 Å². The van der Waals surface area contributed by atoms with E-state index in [0.717, 1.165) is 19.3 Å². The Labute approximate surface area is 95.5 Å². The molecule has 0 N–H and O–H groups in total. The molecule has 0 unspecified atom stereocenters. The zero-order valence-electron chi connectivity index (χ0n) is 10.1. The third-order valence-corrected chi connectivity index (χ3v) is 5.32. The second-order valence-electron chi connectivity index (χ2n) is 6.38. The molecule has 1 heterocycles. The molecule has 1 aliphatic heterocycles. The third kappa shape index (κ3) is 0.802. The summed E-state index contributed by atoms with van der Waals surface area (Å²) >= 11 is 0. The lowest BCUT2D eigenvalue weighted by atomic mass is 9.63. The molecule has 0 bridgehead atoms. The van der Waals surface area contributed by atoms with Crippen LogP contribution in [-0.2, 0) is 14.3 Å². The largest absolute Gasteiger partial charge is 0.459 e. The van der Waals surface area contributed by atoms with Crippen molar-refractivity contribution in [2.24, 2.45) is 16.7 Å². The molecule has 0 aromatic heterocycles. The second kappa shape index (κ2) is 2.52. The summed E-state index contributed by atoms with van der Waals surface area (Å²) in [6.45, 7) is 5.99. The van der Waals surface area contributed by atoms with Crippen LogP contribution >= 0.6 is 0 Å². The Hall–Kier alpha value is -0.860. The van der Waals surface area contributed by atoms with Gasteiger partial charge in [0.15, 0.2) is 5.78 Å². The monoisotopic (exact) mass is 222 g/mol. The van der Waals surface area contributed by atoms with E-state index in [-0.39, 0.29) is 23.1 Å². The topological polar surface area (TPSA) is 43.4 Å². The van der Waals surface area contributed by atoms with Gasteiger partial charge in [-0.05, 0) is 38.5 Å². The molecule has 2 aliphatic carbocycles. The van der Waals surface area contributed by atoms with Crippen molar-refractivity contribution >= 4 is 11.8 Å². The molecule has 0 radical (unpaired) electrons. The predicted molar refractivity (Wildman–Crippen MR) is 57.7 cm³/mol. The number of rotatable bonds is 0. The molecule has 1 saturated heterocycles. The van der Waals surface area contributed by atoms with Gasteiger partial charge in [0, 0.05) is 12.3 Å². The molecule has 3 rings (SSSR count). The smallest absolute Gasteiger partial charge is 0.321 e. The molecule has 3 aliphatic rings. The quantitative estimate of drug-likeness (QED) is 0.465. The highest BCUT2D eigenvalue weighted by atomic mass is 16.6. The third-order valence-electron chi connectivity index (χ3n) is 5.32. The molecular formula is C13H18O3. The van der Waals surface area contributed by atoms with Gasteiger partial charge in [0.25, 0.3) is 0 Å². The van der Waals surface area contributed by atoms with E-state index < -0.39 is 11.0 Å². The average molecular weight is 222 g/mol. The molecule has 3 heteroatoms. The lowest BCUT2D eigenvalue weighted by Crippen LogP contribution is -2.45. The summed E-state index contributed by atoms with van der Waals surface area (Å²) in [6.07, 6.45) is 3.34. The Morgan fingerprint density at radius 2 is 1.88 bits per heavy atom. The number of Topliss-reactive ketones (excluding diaryl/α,β-unsaturated/α-hetero) is 1. The minimum Gasteiger partial charge on any atom is -0.459 e. The van der Waals surface area contributed by atoms with Gasteiger partial charge < -0.3 is 4.74 Å². The van der Waals surface area contributed by atoms with Crippen LogP contribution in [0.3, 0.4) is 0 Å². The summed E-state index contributed by atoms with van der Waals surface area (Å²) in [6, 6.07) is 0. The summed E-state index contributed by atoms with van der Waals surface area (Å²) in [4.78, 5) is 24.5. The molecule has 0 aromatic rings. The van der Waals surface area contributed by atoms with Gasteiger partial charge in [-0.3, -0.25) is 9.59 Å². The lowest BCUT2D eigenvalue weighted by Gasteiger charge is -2.33. The number of esters is 1. The van der Waals surface area contributed by atoms with Crippen molar-refractivity contribution in [3.8, 4) is 0 Å². The highest BCUT2D eigenvalue weighted by Gasteiger charge is 2.76. The van der Waals surface area contributed by atoms with Crippen LogP contribution in [0.5, 0.6) is 0 Å². The Kier molecular flexibility index (Phi) is 1.62. The van der Waals surface area contributed by atoms with Crippen molar-refractivity contribution in [1.82, 2.24) is 0 Å². The van der Waals surface area contributed by atoms with Crippen LogP contribution in [0.1, 0.15) is 46.5 Å². The van der Waals surface area contributed by atoms with Crippen LogP contribution in [0, 0.1) is 16.7 Å². The van der Waals surface area contributed by atoms with E-state index in [0.29, 0.717) is 6.42 Å². The molecule has 0 amide bonds. The average Bonchev–Trinajstić information content (AvgIpc) is 2.67. The van der Waals surface area contributed by atoms with Crippen molar-refractivity contribution in [2.75, 3.05) is 0 Å². The molecule has 2 saturated carbocycles. The summed E-state index contributed by atoms with van der Waals surface area (Å²) in [5.74, 6) is -0.0226. The Morgan fingerprint density at radius 1 is 1.19 bits per heavy atom. The fourth-order valence-electron chi connectivity index (χ4n) is 4.50. The Bertz CT molecular complexity index is 398. The first-order chi connectivity index (χ1) is 7.34. The van der Waals surface area contributed by atoms with Gasteiger partial charge in [0.05, 0.1) is 0 Å². The van der Waals surface area contributed by atoms with Crippen molar-refractivity contribution in [3.63, 3.8) is 0 Å². The van der Waals surface area contributed by atoms with Crippen LogP contribution < -0.4 is 0 Å². The normalized spacial score (nSPS) is 49.1. The number of carbonyl (C=O) groups excluding carboxylic acids is 2. The molecule has 0 aromatic carbocycles. The molecule has 3 fully saturated rings. The molecule has 88 valence electrons. The van der Waals surface area contributed by atoms with E-state index in [9.17, 15) is 9.59 Å². The van der Waals surface area contributed by atoms with Crippen LogP contribution in [0.25, 0.3) is 0 Å². The number of carbonyl (C=O) groups is 2. The molecule has 16 heavy (non-hydrogen) atoms. The molecule has 3 atom stereocenters. The van der Waals surface area contributed by atoms with E-state index in [1.165, 1.54) is 0 Å². The van der Waals surface area contributed by atoms with Crippen molar-refractivity contribution in [3.05, 3.63) is 0 Å². The zero-order valence-corrected chi connectivity index (χ0v) is 10.1. The summed E-state index contributed by atoms with van der Waals surface area (Å²) in [5.41, 5.74) is -1.40. The predicted octanol–water partition coefficient (Wildman–Crippen LogP) is 2.09. The minimum absolute atomic E-state index is 0.0903. The molecule has 3 nitrogen and oxygen atoms in total. The zero-order chi connectivity index (χ0) is 11.8. The van der Waals surface area contributed by atoms with Gasteiger partial charge >= 0.3 is 5.97 Å². The summed E-state index contributed by atoms with van der Waals surface area (Å²) in [7, 11) is 0. The van der Waals surface area contributed by atoms with Gasteiger partial charge in [-0.1, -0.05) is 6.92 Å². The Balaban J connectivity index is 2.22. The van der Waals surface area contributed by atoms with Crippen LogP contribution in [-0.4, -0.2) is 17.4 Å². The second-order valence-corrected chi connectivity index (χ2v) is 6.38. The Morgan fingerprint density at radius 3 is 2.56 bits per heavy atom. The van der Waals surface area contributed by atoms with Crippen LogP contribution in [0.15, 0.2) is 0 Å². The fourth-order valence-corrected chi connectivity index (χ4v) is 4.50. The highest BCUT2D eigenvalue weighted by molar-refractivity contribution is 6.08. The lowest BCUT2D eigenvalue weighted by molar-refractivity contribution is -0.158. The van der Waals surface area contributed by atoms with Gasteiger partial charge in [-0.15, -0.1) is 0 Å². The van der Waals surface area contributed by atoms with Crippen LogP contribution in [0.2, 0.25) is 0 Å². The van der Waals surface area contributed by atoms with Gasteiger partial charge in [-0.25, -0.2) is 0 Å². The SMILES string of the molecule is CC1(C)OC(=O)[C@@]23C(=O)CC[C@]2(C)CC[C@@H]13. The maximum Gasteiger partial charge on any atom is 0.321 e. The van der Waals surface area contributed by atoms with E-state index in [2.05, 4.69) is 6.92 Å². The number of cyclic esters (lactones) is 1. The molecular weight excluding hydrogens is 204 g/mol. The minimum atomic E-state index is -0.795. The van der Waals surface area contributed by atoms with Crippen molar-refractivity contribution in [1.29, 1.82) is 0 Å². The highest BCUT2D eigenvalue weighted by Crippen LogP contribution is 2.69. The maximum atomic E-state index is 12.3. The maximum absolute atomic E-state index is 12.3. The van der Waals surface area contributed by atoms with Crippen molar-refractivity contribution < 1.29 is 14.3 Å². The fraction of sp³-hybridized carbons (Fsp3) is 0.846. The number of hydrogen-bond donors (Lipinski definition) is 0. The number of hydrogen-bond acceptors (Lipinski definition) is 3. The van der Waals surface area contributed by atoms with Crippen molar-refractivity contribution in [2.45, 2.75) is 52.1 Å². The summed E-state index contributed by atoms with van der Waals surface area (Å²) < 4.78 is 5.50. The number of ether oxygens (including phenoxy) is 1. The van der Waals surface area contributed by atoms with E-state index in [1.807, 2.05) is 13.8 Å². The van der Waals surface area contributed by atoms with Gasteiger partial charge in [0.1, 0.15) is 11.0 Å². The van der Waals surface area contributed by atoms with E-state index >= 15 is 0 Å². The first-order valence-electron chi connectivity index (χ1n) is 6.11. The van der Waals surface area contributed by atoms with Gasteiger partial charge in [0.2, 0.25) is 0 Å². The van der Waals surface area contributed by atoms with E-state index in [1.54, 1.807) is 0 Å².